The van der Waals surface area contributed by atoms with Gasteiger partial charge in [-0.05, 0) is 6.92 Å². The van der Waals surface area contributed by atoms with E-state index in [1.807, 2.05) is 19.9 Å². The smallest absolute Gasteiger partial charge is 0.328 e. The van der Waals surface area contributed by atoms with Crippen LogP contribution in [0.15, 0.2) is 24.3 Å². The third-order valence-electron chi connectivity index (χ3n) is 4.01. The SMILES string of the molecule is CO[C@@H]1COC(=O)C/C=C/[C@H](C)COC(=O)[C@H](C)NC(=O)C/C=C/C1C. The summed E-state index contributed by atoms with van der Waals surface area (Å²) in [4.78, 5) is 35.6. The van der Waals surface area contributed by atoms with Gasteiger partial charge in [0.05, 0.1) is 19.1 Å². The van der Waals surface area contributed by atoms with Crippen LogP contribution in [0, 0.1) is 11.8 Å². The van der Waals surface area contributed by atoms with E-state index >= 15 is 0 Å². The maximum atomic E-state index is 11.9. The number of hydrogen-bond acceptors (Lipinski definition) is 6. The van der Waals surface area contributed by atoms with E-state index in [4.69, 9.17) is 14.2 Å². The van der Waals surface area contributed by atoms with Crippen LogP contribution in [0.4, 0.5) is 0 Å². The molecule has 0 saturated carbocycles. The largest absolute Gasteiger partial charge is 0.464 e. The lowest BCUT2D eigenvalue weighted by molar-refractivity contribution is -0.148. The van der Waals surface area contributed by atoms with Crippen LogP contribution in [0.3, 0.4) is 0 Å². The topological polar surface area (TPSA) is 90.9 Å². The van der Waals surface area contributed by atoms with Crippen LogP contribution in [0.2, 0.25) is 0 Å². The van der Waals surface area contributed by atoms with Crippen LogP contribution in [0.5, 0.6) is 0 Å². The summed E-state index contributed by atoms with van der Waals surface area (Å²) in [6.07, 6.45) is 7.01. The Morgan fingerprint density at radius 3 is 2.38 bits per heavy atom. The third kappa shape index (κ3) is 8.29. The van der Waals surface area contributed by atoms with E-state index in [9.17, 15) is 14.4 Å². The Morgan fingerprint density at radius 1 is 1.00 bits per heavy atom. The first-order valence-corrected chi connectivity index (χ1v) is 8.81. The van der Waals surface area contributed by atoms with Crippen LogP contribution >= 0.6 is 0 Å². The van der Waals surface area contributed by atoms with Crippen molar-refractivity contribution in [2.75, 3.05) is 20.3 Å². The number of esters is 2. The van der Waals surface area contributed by atoms with Crippen molar-refractivity contribution < 1.29 is 28.6 Å². The highest BCUT2D eigenvalue weighted by atomic mass is 16.6. The Hall–Kier alpha value is -2.15. The normalized spacial score (nSPS) is 32.4. The van der Waals surface area contributed by atoms with Crippen molar-refractivity contribution in [3.63, 3.8) is 0 Å². The summed E-state index contributed by atoms with van der Waals surface area (Å²) in [6.45, 7) is 5.68. The fourth-order valence-electron chi connectivity index (χ4n) is 2.33. The lowest BCUT2D eigenvalue weighted by Gasteiger charge is -2.20. The molecular weight excluding hydrogens is 338 g/mol. The van der Waals surface area contributed by atoms with Crippen molar-refractivity contribution in [1.82, 2.24) is 5.32 Å². The maximum Gasteiger partial charge on any atom is 0.328 e. The minimum atomic E-state index is -0.718. The van der Waals surface area contributed by atoms with Gasteiger partial charge < -0.3 is 19.5 Å². The second-order valence-corrected chi connectivity index (χ2v) is 6.48. The molecule has 0 aromatic heterocycles. The van der Waals surface area contributed by atoms with Gasteiger partial charge in [0.25, 0.3) is 0 Å². The van der Waals surface area contributed by atoms with E-state index in [-0.39, 0.29) is 55.9 Å². The summed E-state index contributed by atoms with van der Waals surface area (Å²) in [6, 6.07) is -0.718. The Labute approximate surface area is 154 Å². The summed E-state index contributed by atoms with van der Waals surface area (Å²) in [5.41, 5.74) is 0. The van der Waals surface area contributed by atoms with Gasteiger partial charge in [0, 0.05) is 25.4 Å². The quantitative estimate of drug-likeness (QED) is 0.561. The summed E-state index contributed by atoms with van der Waals surface area (Å²) in [5.74, 6) is -1.21. The van der Waals surface area contributed by atoms with Gasteiger partial charge >= 0.3 is 11.9 Å². The first-order chi connectivity index (χ1) is 12.3. The Morgan fingerprint density at radius 2 is 1.69 bits per heavy atom. The second-order valence-electron chi connectivity index (χ2n) is 6.48. The molecule has 1 aliphatic heterocycles. The molecule has 1 unspecified atom stereocenters. The molecule has 4 atom stereocenters. The summed E-state index contributed by atoms with van der Waals surface area (Å²) in [7, 11) is 1.55. The molecule has 1 aliphatic rings. The summed E-state index contributed by atoms with van der Waals surface area (Å²) in [5, 5.41) is 2.61. The van der Waals surface area contributed by atoms with Crippen LogP contribution in [-0.2, 0) is 28.6 Å². The van der Waals surface area contributed by atoms with E-state index in [0.29, 0.717) is 0 Å². The number of carbonyl (C=O) groups excluding carboxylic acids is 3. The zero-order chi connectivity index (χ0) is 19.5. The first kappa shape index (κ1) is 21.9. The number of ether oxygens (including phenoxy) is 3. The molecule has 0 bridgehead atoms. The van der Waals surface area contributed by atoms with Crippen LogP contribution in [0.25, 0.3) is 0 Å². The zero-order valence-corrected chi connectivity index (χ0v) is 15.9. The van der Waals surface area contributed by atoms with Gasteiger partial charge in [-0.1, -0.05) is 38.2 Å². The molecule has 7 heteroatoms. The van der Waals surface area contributed by atoms with Crippen molar-refractivity contribution >= 4 is 17.8 Å². The number of hydrogen-bond donors (Lipinski definition) is 1. The molecule has 1 heterocycles. The molecule has 1 amide bonds. The third-order valence-corrected chi connectivity index (χ3v) is 4.01. The Kier molecular flexibility index (Phi) is 9.65. The molecule has 7 nitrogen and oxygen atoms in total. The summed E-state index contributed by atoms with van der Waals surface area (Å²) < 4.78 is 15.8. The molecule has 0 aliphatic carbocycles. The van der Waals surface area contributed by atoms with E-state index in [1.165, 1.54) is 0 Å². The minimum absolute atomic E-state index is 0.0440. The van der Waals surface area contributed by atoms with E-state index in [0.717, 1.165) is 0 Å². The van der Waals surface area contributed by atoms with Crippen molar-refractivity contribution in [2.24, 2.45) is 11.8 Å². The zero-order valence-electron chi connectivity index (χ0n) is 15.9. The molecule has 1 N–H and O–H groups in total. The van der Waals surface area contributed by atoms with E-state index in [2.05, 4.69) is 5.32 Å². The van der Waals surface area contributed by atoms with Crippen molar-refractivity contribution in [3.8, 4) is 0 Å². The van der Waals surface area contributed by atoms with Gasteiger partial charge in [0.15, 0.2) is 0 Å². The number of cyclic esters (lactones) is 2. The summed E-state index contributed by atoms with van der Waals surface area (Å²) >= 11 is 0. The molecule has 146 valence electrons. The number of rotatable bonds is 1. The average molecular weight is 367 g/mol. The van der Waals surface area contributed by atoms with Crippen LogP contribution < -0.4 is 5.32 Å². The minimum Gasteiger partial charge on any atom is -0.464 e. The van der Waals surface area contributed by atoms with Gasteiger partial charge in [-0.3, -0.25) is 9.59 Å². The van der Waals surface area contributed by atoms with Crippen molar-refractivity contribution in [2.45, 2.75) is 45.8 Å². The maximum absolute atomic E-state index is 11.9. The highest BCUT2D eigenvalue weighted by Crippen LogP contribution is 2.11. The Bertz CT molecular complexity index is 542. The van der Waals surface area contributed by atoms with Gasteiger partial charge in [0.2, 0.25) is 5.91 Å². The standard InChI is InChI=1S/C19H29NO6/c1-13-7-5-10-18(22)25-12-16(24-4)14(2)8-6-9-17(21)20-15(3)19(23)26-11-13/h5-8,13-16H,9-12H2,1-4H3,(H,20,21)/b7-5+,8-6+/t13-,14?,15-,16+/m0/s1. The molecule has 0 saturated heterocycles. The lowest BCUT2D eigenvalue weighted by atomic mass is 10.0. The van der Waals surface area contributed by atoms with E-state index < -0.39 is 12.0 Å². The predicted octanol–water partition coefficient (Wildman–Crippen LogP) is 1.77. The monoisotopic (exact) mass is 367 g/mol. The molecule has 0 fully saturated rings. The average Bonchev–Trinajstić information content (AvgIpc) is 2.59. The predicted molar refractivity (Wildman–Crippen MR) is 96.2 cm³/mol. The van der Waals surface area contributed by atoms with Crippen molar-refractivity contribution in [1.29, 1.82) is 0 Å². The molecular formula is C19H29NO6. The van der Waals surface area contributed by atoms with Crippen LogP contribution in [-0.4, -0.2) is 50.3 Å². The van der Waals surface area contributed by atoms with Gasteiger partial charge in [0.1, 0.15) is 12.6 Å². The molecule has 1 rings (SSSR count). The molecule has 0 radical (unpaired) electrons. The van der Waals surface area contributed by atoms with Gasteiger partial charge in [-0.25, -0.2) is 4.79 Å². The molecule has 0 aromatic rings. The Balaban J connectivity index is 2.80. The molecule has 0 aromatic carbocycles. The van der Waals surface area contributed by atoms with E-state index in [1.54, 1.807) is 32.3 Å². The van der Waals surface area contributed by atoms with Gasteiger partial charge in [-0.2, -0.15) is 0 Å². The molecule has 26 heavy (non-hydrogen) atoms. The number of nitrogens with one attached hydrogen (secondary N) is 1. The first-order valence-electron chi connectivity index (χ1n) is 8.81. The highest BCUT2D eigenvalue weighted by Gasteiger charge is 2.19. The van der Waals surface area contributed by atoms with Crippen LogP contribution in [0.1, 0.15) is 33.6 Å². The number of methoxy groups -OCH3 is 1. The van der Waals surface area contributed by atoms with Crippen molar-refractivity contribution in [3.05, 3.63) is 24.3 Å². The fraction of sp³-hybridized carbons (Fsp3) is 0.632. The highest BCUT2D eigenvalue weighted by molar-refractivity contribution is 5.84. The lowest BCUT2D eigenvalue weighted by Crippen LogP contribution is -2.39. The number of carbonyl (C=O) groups is 3. The molecule has 0 spiro atoms. The second kappa shape index (κ2) is 11.5. The van der Waals surface area contributed by atoms with Gasteiger partial charge in [-0.15, -0.1) is 0 Å². The fourth-order valence-corrected chi connectivity index (χ4v) is 2.33. The number of amides is 1.